The zero-order valence-corrected chi connectivity index (χ0v) is 21.2. The van der Waals surface area contributed by atoms with Crippen molar-refractivity contribution in [2.24, 2.45) is 12.0 Å². The minimum Gasteiger partial charge on any atom is -0.497 e. The summed E-state index contributed by atoms with van der Waals surface area (Å²) in [6, 6.07) is 16.0. The Bertz CT molecular complexity index is 1660. The summed E-state index contributed by atoms with van der Waals surface area (Å²) in [5.41, 5.74) is 3.92. The highest BCUT2D eigenvalue weighted by Gasteiger charge is 2.32. The van der Waals surface area contributed by atoms with Gasteiger partial charge in [0.05, 0.1) is 34.6 Å². The molecule has 0 saturated heterocycles. The Kier molecular flexibility index (Phi) is 6.15. The van der Waals surface area contributed by atoms with Crippen LogP contribution in [0.3, 0.4) is 0 Å². The molecule has 36 heavy (non-hydrogen) atoms. The minimum absolute atomic E-state index is 0.208. The first-order chi connectivity index (χ1) is 17.4. The fourth-order valence-corrected chi connectivity index (χ4v) is 5.37. The van der Waals surface area contributed by atoms with E-state index in [2.05, 4.69) is 15.4 Å². The van der Waals surface area contributed by atoms with Gasteiger partial charge in [-0.25, -0.2) is 4.99 Å². The van der Waals surface area contributed by atoms with E-state index in [1.54, 1.807) is 23.3 Å². The number of rotatable bonds is 5. The molecule has 3 heterocycles. The molecule has 0 bridgehead atoms. The highest BCUT2D eigenvalue weighted by atomic mass is 32.1. The van der Waals surface area contributed by atoms with E-state index in [-0.39, 0.29) is 11.5 Å². The van der Waals surface area contributed by atoms with E-state index in [0.717, 1.165) is 16.8 Å². The SMILES string of the molecule is COc1ccc([C@@H]2C(C(=O)Nc3ccccc3)=C(C)N=c3s/c(=C/c4cn(C)nc4C)c(=O)n32)cc1. The van der Waals surface area contributed by atoms with Gasteiger partial charge in [0.2, 0.25) is 0 Å². The number of allylic oxidation sites excluding steroid dienone is 1. The summed E-state index contributed by atoms with van der Waals surface area (Å²) >= 11 is 1.30. The topological polar surface area (TPSA) is 90.5 Å². The van der Waals surface area contributed by atoms with Gasteiger partial charge in [0.15, 0.2) is 4.80 Å². The number of hydrogen-bond donors (Lipinski definition) is 1. The molecule has 1 amide bonds. The molecule has 0 spiro atoms. The number of nitrogens with one attached hydrogen (secondary N) is 1. The number of carbonyl (C=O) groups excluding carboxylic acids is 1. The standard InChI is InChI=1S/C27H25N5O3S/c1-16-19(15-31(3)30-16)14-22-26(34)32-24(18-10-12-21(35-4)13-11-18)23(17(2)28-27(32)36-22)25(33)29-20-8-6-5-7-9-20/h5-15,24H,1-4H3,(H,29,33)/b22-14+/t24-/m1/s1. The molecular formula is C27H25N5O3S. The van der Waals surface area contributed by atoms with Crippen LogP contribution in [0.2, 0.25) is 0 Å². The monoisotopic (exact) mass is 499 g/mol. The number of carbonyl (C=O) groups is 1. The van der Waals surface area contributed by atoms with Gasteiger partial charge in [-0.05, 0) is 49.8 Å². The van der Waals surface area contributed by atoms with Gasteiger partial charge in [0.25, 0.3) is 11.5 Å². The molecule has 9 heteroatoms. The smallest absolute Gasteiger partial charge is 0.271 e. The Morgan fingerprint density at radius 3 is 2.47 bits per heavy atom. The lowest BCUT2D eigenvalue weighted by Gasteiger charge is -2.25. The predicted octanol–water partition coefficient (Wildman–Crippen LogP) is 2.92. The molecule has 0 radical (unpaired) electrons. The molecule has 5 rings (SSSR count). The van der Waals surface area contributed by atoms with Gasteiger partial charge in [-0.3, -0.25) is 18.8 Å². The Hall–Kier alpha value is -4.24. The van der Waals surface area contributed by atoms with E-state index in [4.69, 9.17) is 4.74 Å². The summed E-state index contributed by atoms with van der Waals surface area (Å²) in [6.07, 6.45) is 3.71. The summed E-state index contributed by atoms with van der Waals surface area (Å²) in [6.45, 7) is 3.71. The van der Waals surface area contributed by atoms with Crippen molar-refractivity contribution < 1.29 is 9.53 Å². The van der Waals surface area contributed by atoms with Crippen LogP contribution in [-0.4, -0.2) is 27.4 Å². The number of anilines is 1. The molecule has 8 nitrogen and oxygen atoms in total. The Morgan fingerprint density at radius 2 is 1.83 bits per heavy atom. The quantitative estimate of drug-likeness (QED) is 0.457. The van der Waals surface area contributed by atoms with Crippen molar-refractivity contribution in [2.75, 3.05) is 12.4 Å². The summed E-state index contributed by atoms with van der Waals surface area (Å²) < 4.78 is 9.17. The third-order valence-electron chi connectivity index (χ3n) is 6.07. The van der Waals surface area contributed by atoms with Crippen LogP contribution in [0, 0.1) is 6.92 Å². The van der Waals surface area contributed by atoms with Crippen molar-refractivity contribution in [1.29, 1.82) is 0 Å². The van der Waals surface area contributed by atoms with Crippen molar-refractivity contribution in [2.45, 2.75) is 19.9 Å². The number of hydrogen-bond acceptors (Lipinski definition) is 6. The minimum atomic E-state index is -0.645. The van der Waals surface area contributed by atoms with Gasteiger partial charge >= 0.3 is 0 Å². The summed E-state index contributed by atoms with van der Waals surface area (Å²) in [4.78, 5) is 32.5. The molecule has 1 aliphatic rings. The Morgan fingerprint density at radius 1 is 1.11 bits per heavy atom. The van der Waals surface area contributed by atoms with Crippen molar-refractivity contribution in [3.05, 3.63) is 109 Å². The largest absolute Gasteiger partial charge is 0.497 e. The number of fused-ring (bicyclic) bond motifs is 1. The summed E-state index contributed by atoms with van der Waals surface area (Å²) in [5.74, 6) is 0.384. The van der Waals surface area contributed by atoms with Gasteiger partial charge in [0.1, 0.15) is 5.75 Å². The number of amides is 1. The fraction of sp³-hybridized carbons (Fsp3) is 0.185. The number of methoxy groups -OCH3 is 1. The highest BCUT2D eigenvalue weighted by molar-refractivity contribution is 7.07. The van der Waals surface area contributed by atoms with Crippen molar-refractivity contribution in [3.8, 4) is 5.75 Å². The van der Waals surface area contributed by atoms with Crippen LogP contribution in [-0.2, 0) is 11.8 Å². The second-order valence-corrected chi connectivity index (χ2v) is 9.53. The van der Waals surface area contributed by atoms with Crippen LogP contribution < -0.4 is 24.9 Å². The first-order valence-corrected chi connectivity index (χ1v) is 12.2. The maximum absolute atomic E-state index is 13.8. The highest BCUT2D eigenvalue weighted by Crippen LogP contribution is 2.31. The van der Waals surface area contributed by atoms with Crippen LogP contribution in [0.25, 0.3) is 6.08 Å². The lowest BCUT2D eigenvalue weighted by atomic mass is 9.95. The van der Waals surface area contributed by atoms with Crippen LogP contribution in [0.1, 0.15) is 29.8 Å². The van der Waals surface area contributed by atoms with Crippen LogP contribution in [0.4, 0.5) is 5.69 Å². The van der Waals surface area contributed by atoms with Gasteiger partial charge in [-0.1, -0.05) is 41.7 Å². The number of thiazole rings is 1. The molecule has 1 aliphatic heterocycles. The number of aryl methyl sites for hydroxylation is 2. The second kappa shape index (κ2) is 9.43. The molecule has 0 saturated carbocycles. The van der Waals surface area contributed by atoms with E-state index >= 15 is 0 Å². The molecule has 0 unspecified atom stereocenters. The van der Waals surface area contributed by atoms with E-state index < -0.39 is 6.04 Å². The zero-order valence-electron chi connectivity index (χ0n) is 20.4. The average Bonchev–Trinajstić information content (AvgIpc) is 3.35. The number of ether oxygens (including phenoxy) is 1. The van der Waals surface area contributed by atoms with Crippen molar-refractivity contribution >= 4 is 29.0 Å². The Labute approximate surface area is 211 Å². The van der Waals surface area contributed by atoms with Crippen LogP contribution in [0.5, 0.6) is 5.75 Å². The van der Waals surface area contributed by atoms with E-state index in [1.807, 2.05) is 80.8 Å². The Balaban J connectivity index is 1.68. The molecule has 0 aliphatic carbocycles. The number of benzene rings is 2. The molecular weight excluding hydrogens is 474 g/mol. The molecule has 0 fully saturated rings. The van der Waals surface area contributed by atoms with Gasteiger partial charge in [-0.15, -0.1) is 0 Å². The molecule has 182 valence electrons. The molecule has 1 N–H and O–H groups in total. The maximum atomic E-state index is 13.8. The lowest BCUT2D eigenvalue weighted by Crippen LogP contribution is -2.40. The normalized spacial score (nSPS) is 15.4. The maximum Gasteiger partial charge on any atom is 0.271 e. The zero-order chi connectivity index (χ0) is 25.4. The number of nitrogens with zero attached hydrogens (tertiary/aromatic N) is 4. The van der Waals surface area contributed by atoms with Gasteiger partial charge in [-0.2, -0.15) is 5.10 Å². The summed E-state index contributed by atoms with van der Waals surface area (Å²) in [5, 5.41) is 7.33. The van der Waals surface area contributed by atoms with Crippen LogP contribution in [0.15, 0.2) is 81.9 Å². The predicted molar refractivity (Wildman–Crippen MR) is 140 cm³/mol. The van der Waals surface area contributed by atoms with E-state index in [9.17, 15) is 9.59 Å². The molecule has 2 aromatic heterocycles. The third kappa shape index (κ3) is 4.29. The molecule has 1 atom stereocenters. The first kappa shape index (κ1) is 23.5. The average molecular weight is 500 g/mol. The second-order valence-electron chi connectivity index (χ2n) is 8.52. The fourth-order valence-electron chi connectivity index (χ4n) is 4.33. The van der Waals surface area contributed by atoms with E-state index in [0.29, 0.717) is 32.0 Å². The molecule has 4 aromatic rings. The van der Waals surface area contributed by atoms with Crippen LogP contribution >= 0.6 is 11.3 Å². The van der Waals surface area contributed by atoms with E-state index in [1.165, 1.54) is 11.3 Å². The summed E-state index contributed by atoms with van der Waals surface area (Å²) in [7, 11) is 3.44. The van der Waals surface area contributed by atoms with Gasteiger partial charge < -0.3 is 10.1 Å². The molecule has 2 aromatic carbocycles. The number of para-hydroxylation sites is 1. The lowest BCUT2D eigenvalue weighted by molar-refractivity contribution is -0.113. The van der Waals surface area contributed by atoms with Crippen molar-refractivity contribution in [1.82, 2.24) is 14.3 Å². The third-order valence-corrected chi connectivity index (χ3v) is 7.05. The number of aromatic nitrogens is 3. The first-order valence-electron chi connectivity index (χ1n) is 11.4. The van der Waals surface area contributed by atoms with Crippen molar-refractivity contribution in [3.63, 3.8) is 0 Å². The van der Waals surface area contributed by atoms with Gasteiger partial charge in [0, 0.05) is 24.5 Å².